The van der Waals surface area contributed by atoms with E-state index in [9.17, 15) is 9.59 Å². The summed E-state index contributed by atoms with van der Waals surface area (Å²) in [5, 5.41) is 4.77. The van der Waals surface area contributed by atoms with Crippen molar-refractivity contribution < 1.29 is 14.3 Å². The van der Waals surface area contributed by atoms with Gasteiger partial charge in [0.05, 0.1) is 11.5 Å². The number of nitrogens with one attached hydrogen (secondary N) is 1. The van der Waals surface area contributed by atoms with Crippen molar-refractivity contribution in [1.29, 1.82) is 0 Å². The molecule has 1 aromatic heterocycles. The summed E-state index contributed by atoms with van der Waals surface area (Å²) < 4.78 is 5.86. The quantitative estimate of drug-likeness (QED) is 0.534. The molecule has 5 nitrogen and oxygen atoms in total. The van der Waals surface area contributed by atoms with Gasteiger partial charge in [-0.1, -0.05) is 30.0 Å². The molecule has 1 aliphatic heterocycles. The summed E-state index contributed by atoms with van der Waals surface area (Å²) in [6.45, 7) is 2.77. The Morgan fingerprint density at radius 2 is 2.07 bits per heavy atom. The van der Waals surface area contributed by atoms with Crippen LogP contribution < -0.4 is 10.1 Å². The second kappa shape index (κ2) is 9.16. The number of nitrogens with zero attached hydrogens (tertiary/aromatic N) is 1. The fourth-order valence-corrected chi connectivity index (χ4v) is 4.46. The number of rotatable bonds is 7. The van der Waals surface area contributed by atoms with Crippen LogP contribution in [0.5, 0.6) is 5.75 Å². The van der Waals surface area contributed by atoms with E-state index in [1.54, 1.807) is 35.6 Å². The molecule has 0 aliphatic carbocycles. The fraction of sp³-hybridized carbons (Fsp3) is 0.211. The van der Waals surface area contributed by atoms with Crippen molar-refractivity contribution in [3.8, 4) is 5.75 Å². The first-order valence-corrected chi connectivity index (χ1v) is 10.5. The van der Waals surface area contributed by atoms with E-state index in [1.165, 1.54) is 16.7 Å². The van der Waals surface area contributed by atoms with Crippen LogP contribution in [-0.4, -0.2) is 34.2 Å². The number of thiocarbonyl (C=S) groups is 1. The molecule has 27 heavy (non-hydrogen) atoms. The van der Waals surface area contributed by atoms with Gasteiger partial charge in [0, 0.05) is 23.5 Å². The van der Waals surface area contributed by atoms with Crippen molar-refractivity contribution in [2.45, 2.75) is 13.3 Å². The number of amides is 2. The van der Waals surface area contributed by atoms with Gasteiger partial charge in [0.2, 0.25) is 5.91 Å². The van der Waals surface area contributed by atoms with E-state index >= 15 is 0 Å². The van der Waals surface area contributed by atoms with Gasteiger partial charge in [0.1, 0.15) is 10.1 Å². The van der Waals surface area contributed by atoms with Gasteiger partial charge in [-0.3, -0.25) is 14.5 Å². The van der Waals surface area contributed by atoms with Crippen LogP contribution in [0, 0.1) is 0 Å². The molecule has 2 heterocycles. The molecule has 0 spiro atoms. The Bertz CT molecular complexity index is 861. The summed E-state index contributed by atoms with van der Waals surface area (Å²) in [5.41, 5.74) is 0.687. The first-order valence-electron chi connectivity index (χ1n) is 8.38. The van der Waals surface area contributed by atoms with Crippen LogP contribution in [0.25, 0.3) is 6.08 Å². The van der Waals surface area contributed by atoms with E-state index in [-0.39, 0.29) is 24.8 Å². The minimum Gasteiger partial charge on any atom is -0.494 e. The topological polar surface area (TPSA) is 58.6 Å². The average Bonchev–Trinajstić information content (AvgIpc) is 3.24. The zero-order valence-corrected chi connectivity index (χ0v) is 17.1. The minimum absolute atomic E-state index is 0.146. The number of ether oxygens (including phenoxy) is 1. The molecule has 2 aromatic rings. The molecule has 0 bridgehead atoms. The van der Waals surface area contributed by atoms with E-state index in [0.29, 0.717) is 21.5 Å². The van der Waals surface area contributed by atoms with Crippen LogP contribution in [0.1, 0.15) is 18.2 Å². The Balaban J connectivity index is 1.54. The zero-order chi connectivity index (χ0) is 19.2. The van der Waals surface area contributed by atoms with E-state index in [1.807, 2.05) is 30.5 Å². The second-order valence-electron chi connectivity index (χ2n) is 5.60. The molecule has 1 aliphatic rings. The number of thioether (sulfide) groups is 1. The van der Waals surface area contributed by atoms with Crippen LogP contribution in [-0.2, 0) is 9.59 Å². The summed E-state index contributed by atoms with van der Waals surface area (Å²) in [7, 11) is 0. The monoisotopic (exact) mass is 418 g/mol. The molecule has 0 atom stereocenters. The van der Waals surface area contributed by atoms with Gasteiger partial charge in [-0.15, -0.1) is 11.3 Å². The SMILES string of the molecule is CCOc1ccc(NC(=O)CCN2C(=O)/C(=C\c3cccs3)SC2=S)cc1. The lowest BCUT2D eigenvalue weighted by Gasteiger charge is -2.14. The Labute approximate surface area is 171 Å². The molecule has 1 saturated heterocycles. The van der Waals surface area contributed by atoms with Crippen molar-refractivity contribution in [1.82, 2.24) is 4.90 Å². The van der Waals surface area contributed by atoms with Gasteiger partial charge in [-0.25, -0.2) is 0 Å². The van der Waals surface area contributed by atoms with Crippen LogP contribution in [0.2, 0.25) is 0 Å². The molecule has 0 saturated carbocycles. The third-order valence-electron chi connectivity index (χ3n) is 3.70. The normalized spacial score (nSPS) is 15.4. The zero-order valence-electron chi connectivity index (χ0n) is 14.6. The summed E-state index contributed by atoms with van der Waals surface area (Å²) in [4.78, 5) is 27.8. The fourth-order valence-electron chi connectivity index (χ4n) is 2.43. The first-order chi connectivity index (χ1) is 13.1. The number of hydrogen-bond donors (Lipinski definition) is 1. The van der Waals surface area contributed by atoms with Crippen molar-refractivity contribution in [2.75, 3.05) is 18.5 Å². The molecule has 0 unspecified atom stereocenters. The lowest BCUT2D eigenvalue weighted by molar-refractivity contribution is -0.122. The van der Waals surface area contributed by atoms with E-state index in [0.717, 1.165) is 10.6 Å². The lowest BCUT2D eigenvalue weighted by atomic mass is 10.3. The first kappa shape index (κ1) is 19.6. The highest BCUT2D eigenvalue weighted by Crippen LogP contribution is 2.33. The molecular weight excluding hydrogens is 400 g/mol. The molecule has 0 radical (unpaired) electrons. The Kier molecular flexibility index (Phi) is 6.65. The maximum Gasteiger partial charge on any atom is 0.266 e. The standard InChI is InChI=1S/C19H18N2O3S3/c1-2-24-14-7-5-13(6-8-14)20-17(22)9-10-21-18(23)16(27-19(21)25)12-15-4-3-11-26-15/h3-8,11-12H,2,9-10H2,1H3,(H,20,22)/b16-12+. The summed E-state index contributed by atoms with van der Waals surface area (Å²) >= 11 is 8.13. The van der Waals surface area contributed by atoms with Crippen LogP contribution in [0.15, 0.2) is 46.7 Å². The predicted octanol–water partition coefficient (Wildman–Crippen LogP) is 4.38. The largest absolute Gasteiger partial charge is 0.494 e. The summed E-state index contributed by atoms with van der Waals surface area (Å²) in [5.74, 6) is 0.438. The Morgan fingerprint density at radius 1 is 1.30 bits per heavy atom. The van der Waals surface area contributed by atoms with Crippen LogP contribution in [0.3, 0.4) is 0 Å². The Hall–Kier alpha value is -2.16. The maximum absolute atomic E-state index is 12.5. The van der Waals surface area contributed by atoms with Gasteiger partial charge in [0.25, 0.3) is 5.91 Å². The number of carbonyl (C=O) groups is 2. The van der Waals surface area contributed by atoms with Crippen LogP contribution >= 0.6 is 35.3 Å². The third-order valence-corrected chi connectivity index (χ3v) is 5.90. The van der Waals surface area contributed by atoms with E-state index in [2.05, 4.69) is 5.32 Å². The van der Waals surface area contributed by atoms with Gasteiger partial charge in [0.15, 0.2) is 0 Å². The van der Waals surface area contributed by atoms with Gasteiger partial charge < -0.3 is 10.1 Å². The van der Waals surface area contributed by atoms with Crippen molar-refractivity contribution in [3.63, 3.8) is 0 Å². The number of benzene rings is 1. The average molecular weight is 419 g/mol. The van der Waals surface area contributed by atoms with Crippen LogP contribution in [0.4, 0.5) is 5.69 Å². The summed E-state index contributed by atoms with van der Waals surface area (Å²) in [6, 6.07) is 11.1. The number of thiophene rings is 1. The predicted molar refractivity (Wildman–Crippen MR) is 115 cm³/mol. The molecule has 1 aromatic carbocycles. The molecule has 3 rings (SSSR count). The number of hydrogen-bond acceptors (Lipinski definition) is 6. The summed E-state index contributed by atoms with van der Waals surface area (Å²) in [6.07, 6.45) is 2.01. The maximum atomic E-state index is 12.5. The van der Waals surface area contributed by atoms with E-state index in [4.69, 9.17) is 17.0 Å². The number of anilines is 1. The smallest absolute Gasteiger partial charge is 0.266 e. The Morgan fingerprint density at radius 3 is 2.74 bits per heavy atom. The van der Waals surface area contributed by atoms with Gasteiger partial charge >= 0.3 is 0 Å². The molecule has 1 fully saturated rings. The molecule has 140 valence electrons. The minimum atomic E-state index is -0.171. The molecule has 1 N–H and O–H groups in total. The second-order valence-corrected chi connectivity index (χ2v) is 8.26. The molecule has 8 heteroatoms. The molecule has 2 amide bonds. The molecular formula is C19H18N2O3S3. The van der Waals surface area contributed by atoms with E-state index < -0.39 is 0 Å². The number of carbonyl (C=O) groups excluding carboxylic acids is 2. The van der Waals surface area contributed by atoms with Crippen molar-refractivity contribution in [3.05, 3.63) is 51.6 Å². The third kappa shape index (κ3) is 5.18. The lowest BCUT2D eigenvalue weighted by Crippen LogP contribution is -2.31. The van der Waals surface area contributed by atoms with Crippen molar-refractivity contribution >= 4 is 63.2 Å². The van der Waals surface area contributed by atoms with Gasteiger partial charge in [-0.05, 0) is 48.7 Å². The highest BCUT2D eigenvalue weighted by atomic mass is 32.2. The van der Waals surface area contributed by atoms with Crippen molar-refractivity contribution in [2.24, 2.45) is 0 Å². The van der Waals surface area contributed by atoms with Gasteiger partial charge in [-0.2, -0.15) is 0 Å². The highest BCUT2D eigenvalue weighted by Gasteiger charge is 2.32. The highest BCUT2D eigenvalue weighted by molar-refractivity contribution is 8.26.